The Morgan fingerprint density at radius 2 is 2.28 bits per heavy atom. The summed E-state index contributed by atoms with van der Waals surface area (Å²) in [7, 11) is -3.76. The van der Waals surface area contributed by atoms with Crippen LogP contribution in [0.15, 0.2) is 29.2 Å². The van der Waals surface area contributed by atoms with Crippen LogP contribution in [-0.2, 0) is 25.0 Å². The van der Waals surface area contributed by atoms with Crippen LogP contribution in [-0.4, -0.2) is 22.3 Å². The van der Waals surface area contributed by atoms with E-state index in [-0.39, 0.29) is 29.7 Å². The molecule has 0 saturated carbocycles. The molecule has 29 heavy (non-hydrogen) atoms. The van der Waals surface area contributed by atoms with Gasteiger partial charge in [0.15, 0.2) is 4.77 Å². The first-order valence-corrected chi connectivity index (χ1v) is 11.0. The Morgan fingerprint density at radius 3 is 3.07 bits per heavy atom. The second-order valence-corrected chi connectivity index (χ2v) is 8.92. The number of benzene rings is 1. The molecule has 3 heterocycles. The number of phosphoric ester groups is 1. The Hall–Kier alpha value is -1.92. The summed E-state index contributed by atoms with van der Waals surface area (Å²) in [4.78, 5) is 14.2. The zero-order valence-electron chi connectivity index (χ0n) is 15.0. The number of H-pyrrole nitrogens is 1. The van der Waals surface area contributed by atoms with Crippen LogP contribution in [0.25, 0.3) is 0 Å². The van der Waals surface area contributed by atoms with Crippen molar-refractivity contribution in [1.29, 1.82) is 0 Å². The highest BCUT2D eigenvalue weighted by Crippen LogP contribution is 2.55. The van der Waals surface area contributed by atoms with Gasteiger partial charge < -0.3 is 9.26 Å². The Bertz CT molecular complexity index is 1160. The first-order valence-electron chi connectivity index (χ1n) is 8.71. The number of fused-ring (bicyclic) bond motifs is 1. The number of phosphoric acid groups is 1. The molecule has 1 saturated heterocycles. The molecule has 0 bridgehead atoms. The van der Waals surface area contributed by atoms with Crippen molar-refractivity contribution in [3.05, 3.63) is 55.7 Å². The van der Waals surface area contributed by atoms with Gasteiger partial charge in [-0.15, -0.1) is 6.42 Å². The second-order valence-electron chi connectivity index (χ2n) is 6.50. The minimum Gasteiger partial charge on any atom is -0.404 e. The van der Waals surface area contributed by atoms with Crippen LogP contribution in [0.4, 0.5) is 0 Å². The van der Waals surface area contributed by atoms with Crippen LogP contribution in [0.5, 0.6) is 5.75 Å². The van der Waals surface area contributed by atoms with Gasteiger partial charge in [0.25, 0.3) is 5.56 Å². The number of nitrogens with one attached hydrogen (secondary N) is 1. The van der Waals surface area contributed by atoms with E-state index in [1.807, 2.05) is 0 Å². The van der Waals surface area contributed by atoms with Crippen molar-refractivity contribution in [1.82, 2.24) is 9.55 Å². The predicted molar refractivity (Wildman–Crippen MR) is 107 cm³/mol. The Labute approximate surface area is 176 Å². The van der Waals surface area contributed by atoms with Crippen LogP contribution in [0.3, 0.4) is 0 Å². The monoisotopic (exact) mass is 454 g/mol. The molecule has 1 aromatic carbocycles. The van der Waals surface area contributed by atoms with E-state index in [0.717, 1.165) is 0 Å². The van der Waals surface area contributed by atoms with E-state index in [1.165, 1.54) is 6.20 Å². The first kappa shape index (κ1) is 20.4. The number of rotatable bonds is 4. The molecule has 3 atom stereocenters. The molecular weight excluding hydrogens is 439 g/mol. The molecule has 0 radical (unpaired) electrons. The number of terminal acetylenes is 1. The molecule has 152 valence electrons. The lowest BCUT2D eigenvalue weighted by Crippen LogP contribution is -2.21. The highest BCUT2D eigenvalue weighted by molar-refractivity contribution is 7.71. The maximum absolute atomic E-state index is 12.7. The molecule has 8 nitrogen and oxygen atoms in total. The minimum absolute atomic E-state index is 0.00930. The molecule has 0 spiro atoms. The lowest BCUT2D eigenvalue weighted by atomic mass is 10.2. The van der Waals surface area contributed by atoms with Gasteiger partial charge in [0.05, 0.1) is 19.3 Å². The lowest BCUT2D eigenvalue weighted by Gasteiger charge is -2.25. The number of ether oxygens (including phenoxy) is 1. The van der Waals surface area contributed by atoms with Crippen molar-refractivity contribution in [2.45, 2.75) is 31.8 Å². The first-order chi connectivity index (χ1) is 13.9. The third-order valence-electron chi connectivity index (χ3n) is 4.55. The smallest absolute Gasteiger partial charge is 0.404 e. The fourth-order valence-corrected chi connectivity index (χ4v) is 4.80. The molecule has 1 aromatic heterocycles. The lowest BCUT2D eigenvalue weighted by molar-refractivity contribution is -0.0256. The average molecular weight is 455 g/mol. The average Bonchev–Trinajstić information content (AvgIpc) is 3.16. The summed E-state index contributed by atoms with van der Waals surface area (Å²) in [5.41, 5.74) is 0.438. The molecule has 1 N–H and O–H groups in total. The van der Waals surface area contributed by atoms with Gasteiger partial charge >= 0.3 is 7.82 Å². The van der Waals surface area contributed by atoms with Crippen LogP contribution < -0.4 is 10.1 Å². The number of hydrogen-bond donors (Lipinski definition) is 1. The minimum atomic E-state index is -3.76. The molecule has 3 unspecified atom stereocenters. The van der Waals surface area contributed by atoms with E-state index < -0.39 is 19.6 Å². The highest BCUT2D eigenvalue weighted by atomic mass is 35.5. The third-order valence-corrected chi connectivity index (χ3v) is 6.43. The summed E-state index contributed by atoms with van der Waals surface area (Å²) in [6.45, 7) is 0.0814. The number of aromatic nitrogens is 2. The van der Waals surface area contributed by atoms with Crippen molar-refractivity contribution >= 4 is 31.6 Å². The van der Waals surface area contributed by atoms with Gasteiger partial charge in [-0.05, 0) is 43.3 Å². The number of aromatic amines is 1. The summed E-state index contributed by atoms with van der Waals surface area (Å²) >= 11 is 11.1. The van der Waals surface area contributed by atoms with Crippen LogP contribution >= 0.6 is 31.6 Å². The van der Waals surface area contributed by atoms with Crippen LogP contribution in [0, 0.1) is 17.1 Å². The van der Waals surface area contributed by atoms with E-state index in [4.69, 9.17) is 48.6 Å². The van der Waals surface area contributed by atoms with Crippen molar-refractivity contribution in [3.8, 4) is 18.1 Å². The Morgan fingerprint density at radius 1 is 1.45 bits per heavy atom. The predicted octanol–water partition coefficient (Wildman–Crippen LogP) is 3.95. The standard InChI is InChI=1S/C18H16ClN2O6PS/c1-2-11-8-21(18(29)20-17(11)22)16-6-4-14(26-16)10-25-28(23)24-9-12-7-13(19)3-5-15(12)27-28/h1,3,5,7-8,14,16H,4,6,9-10H2,(H,20,22,29). The normalized spacial score (nSPS) is 25.8. The van der Waals surface area contributed by atoms with E-state index in [0.29, 0.717) is 29.2 Å². The molecule has 2 aromatic rings. The van der Waals surface area contributed by atoms with E-state index >= 15 is 0 Å². The summed E-state index contributed by atoms with van der Waals surface area (Å²) in [6, 6.07) is 4.95. The Kier molecular flexibility index (Phi) is 5.67. The zero-order chi connectivity index (χ0) is 20.6. The van der Waals surface area contributed by atoms with Gasteiger partial charge in [-0.3, -0.25) is 23.4 Å². The maximum Gasteiger partial charge on any atom is 0.530 e. The molecular formula is C18H16ClN2O6PS. The summed E-state index contributed by atoms with van der Waals surface area (Å²) in [5.74, 6) is 2.73. The van der Waals surface area contributed by atoms with Gasteiger partial charge in [-0.1, -0.05) is 17.5 Å². The molecule has 2 aliphatic rings. The van der Waals surface area contributed by atoms with Gasteiger partial charge in [0.1, 0.15) is 17.5 Å². The topological polar surface area (TPSA) is 91.8 Å². The third kappa shape index (κ3) is 4.33. The summed E-state index contributed by atoms with van der Waals surface area (Å²) in [6.07, 6.45) is 7.30. The highest BCUT2D eigenvalue weighted by Gasteiger charge is 2.37. The van der Waals surface area contributed by atoms with Crippen LogP contribution in [0.1, 0.15) is 30.2 Å². The zero-order valence-corrected chi connectivity index (χ0v) is 17.5. The second kappa shape index (κ2) is 8.07. The molecule has 0 amide bonds. The largest absolute Gasteiger partial charge is 0.530 e. The number of halogens is 1. The van der Waals surface area contributed by atoms with E-state index in [1.54, 1.807) is 22.8 Å². The SMILES string of the molecule is C#Cc1cn(C2CCC(COP3(=O)OCc4cc(Cl)ccc4O3)O2)c(=S)[nH]c1=O. The van der Waals surface area contributed by atoms with Crippen LogP contribution in [0.2, 0.25) is 5.02 Å². The summed E-state index contributed by atoms with van der Waals surface area (Å²) in [5, 5.41) is 0.535. The maximum atomic E-state index is 12.7. The quantitative estimate of drug-likeness (QED) is 0.425. The molecule has 2 aliphatic heterocycles. The Balaban J connectivity index is 1.40. The molecule has 1 fully saturated rings. The van der Waals surface area contributed by atoms with Crippen molar-refractivity contribution in [3.63, 3.8) is 0 Å². The van der Waals surface area contributed by atoms with Gasteiger partial charge in [-0.2, -0.15) is 0 Å². The molecule has 4 rings (SSSR count). The van der Waals surface area contributed by atoms with E-state index in [2.05, 4.69) is 10.9 Å². The summed E-state index contributed by atoms with van der Waals surface area (Å²) < 4.78 is 36.6. The fraction of sp³-hybridized carbons (Fsp3) is 0.333. The van der Waals surface area contributed by atoms with E-state index in [9.17, 15) is 9.36 Å². The number of nitrogens with zero attached hydrogens (tertiary/aromatic N) is 1. The van der Waals surface area contributed by atoms with Gasteiger partial charge in [0.2, 0.25) is 0 Å². The van der Waals surface area contributed by atoms with Crippen molar-refractivity contribution in [2.24, 2.45) is 0 Å². The van der Waals surface area contributed by atoms with Gasteiger partial charge in [-0.25, -0.2) is 4.57 Å². The fourth-order valence-electron chi connectivity index (χ4n) is 3.10. The van der Waals surface area contributed by atoms with Crippen molar-refractivity contribution in [2.75, 3.05) is 6.61 Å². The molecule has 0 aliphatic carbocycles. The molecule has 11 heteroatoms. The number of hydrogen-bond acceptors (Lipinski definition) is 7. The van der Waals surface area contributed by atoms with Crippen molar-refractivity contribution < 1.29 is 22.9 Å². The van der Waals surface area contributed by atoms with Gasteiger partial charge in [0, 0.05) is 16.8 Å².